The number of nitrogens with zero attached hydrogens (tertiary/aromatic N) is 3. The third kappa shape index (κ3) is 3.60. The van der Waals surface area contributed by atoms with Crippen LogP contribution in [0.5, 0.6) is 0 Å². The molecule has 1 aliphatic heterocycles. The smallest absolute Gasteiger partial charge is 0.317 e. The van der Waals surface area contributed by atoms with Crippen LogP contribution in [-0.2, 0) is 11.2 Å². The van der Waals surface area contributed by atoms with Gasteiger partial charge in [0.15, 0.2) is 5.58 Å². The topological polar surface area (TPSA) is 102 Å². The van der Waals surface area contributed by atoms with Crippen molar-refractivity contribution in [2.45, 2.75) is 38.1 Å². The first kappa shape index (κ1) is 20.8. The summed E-state index contributed by atoms with van der Waals surface area (Å²) in [6.45, 7) is 1.83. The highest BCUT2D eigenvalue weighted by molar-refractivity contribution is 6.35. The number of carbonyl (C=O) groups is 1. The fourth-order valence-electron chi connectivity index (χ4n) is 4.87. The minimum absolute atomic E-state index is 0.122. The fourth-order valence-corrected chi connectivity index (χ4v) is 5.20. The van der Waals surface area contributed by atoms with Gasteiger partial charge in [-0.1, -0.05) is 17.7 Å². The highest BCUT2D eigenvalue weighted by Crippen LogP contribution is 2.41. The van der Waals surface area contributed by atoms with E-state index in [1.54, 1.807) is 0 Å². The minimum atomic E-state index is -0.910. The van der Waals surface area contributed by atoms with E-state index in [1.165, 1.54) is 6.42 Å². The molecule has 2 heterocycles. The molecule has 0 radical (unpaired) electrons. The fraction of sp³-hybridized carbons (Fsp3) is 0.375. The lowest BCUT2D eigenvalue weighted by Crippen LogP contribution is -2.29. The van der Waals surface area contributed by atoms with Crippen LogP contribution >= 0.6 is 11.6 Å². The van der Waals surface area contributed by atoms with E-state index in [4.69, 9.17) is 21.1 Å². The van der Waals surface area contributed by atoms with Gasteiger partial charge in [0.05, 0.1) is 22.8 Å². The van der Waals surface area contributed by atoms with Gasteiger partial charge in [-0.05, 0) is 61.4 Å². The standard InChI is InChI=1S/C24H23ClN4O3/c25-22-15(5-4-6-20(22)29-9-2-1-3-10-29)24-28-19-11-16-14(17(12-26)23(19)32-24)7-8-18(16)27-13-21(30)31/h4-6,11,18,27H,1-3,7-10,13H2,(H,30,31)/t18-/m1/s1. The second kappa shape index (κ2) is 8.45. The molecule has 0 spiro atoms. The van der Waals surface area contributed by atoms with Crippen LogP contribution in [0.2, 0.25) is 5.02 Å². The number of aromatic nitrogens is 1. The van der Waals surface area contributed by atoms with Gasteiger partial charge in [0, 0.05) is 19.1 Å². The first-order chi connectivity index (χ1) is 15.6. The maximum absolute atomic E-state index is 11.0. The highest BCUT2D eigenvalue weighted by Gasteiger charge is 2.29. The van der Waals surface area contributed by atoms with Gasteiger partial charge in [0.2, 0.25) is 5.89 Å². The number of hydrogen-bond acceptors (Lipinski definition) is 6. The molecule has 1 aromatic heterocycles. The molecule has 0 amide bonds. The second-order valence-electron chi connectivity index (χ2n) is 8.35. The van der Waals surface area contributed by atoms with E-state index >= 15 is 0 Å². The van der Waals surface area contributed by atoms with Crippen LogP contribution in [0.15, 0.2) is 28.7 Å². The van der Waals surface area contributed by atoms with Gasteiger partial charge in [-0.3, -0.25) is 4.79 Å². The number of fused-ring (bicyclic) bond motifs is 2. The molecule has 1 aliphatic carbocycles. The summed E-state index contributed by atoms with van der Waals surface area (Å²) < 4.78 is 6.11. The summed E-state index contributed by atoms with van der Waals surface area (Å²) in [6, 6.07) is 9.93. The summed E-state index contributed by atoms with van der Waals surface area (Å²) >= 11 is 6.80. The van der Waals surface area contributed by atoms with Crippen LogP contribution in [0.25, 0.3) is 22.6 Å². The minimum Gasteiger partial charge on any atom is -0.480 e. The van der Waals surface area contributed by atoms with Gasteiger partial charge >= 0.3 is 5.97 Å². The summed E-state index contributed by atoms with van der Waals surface area (Å²) in [4.78, 5) is 18.0. The van der Waals surface area contributed by atoms with E-state index in [-0.39, 0.29) is 12.6 Å². The Bertz CT molecular complexity index is 1240. The molecule has 2 N–H and O–H groups in total. The van der Waals surface area contributed by atoms with Gasteiger partial charge in [-0.2, -0.15) is 5.26 Å². The summed E-state index contributed by atoms with van der Waals surface area (Å²) in [6.07, 6.45) is 4.96. The van der Waals surface area contributed by atoms with Crippen molar-refractivity contribution in [1.82, 2.24) is 10.3 Å². The zero-order valence-electron chi connectivity index (χ0n) is 17.5. The molecule has 7 nitrogen and oxygen atoms in total. The van der Waals surface area contributed by atoms with E-state index in [0.29, 0.717) is 39.6 Å². The first-order valence-electron chi connectivity index (χ1n) is 10.9. The molecule has 0 bridgehead atoms. The number of carboxylic acid groups (broad SMARTS) is 1. The normalized spacial score (nSPS) is 18.0. The largest absolute Gasteiger partial charge is 0.480 e. The Balaban J connectivity index is 1.56. The van der Waals surface area contributed by atoms with Crippen LogP contribution in [0.1, 0.15) is 48.4 Å². The molecule has 164 valence electrons. The zero-order valence-corrected chi connectivity index (χ0v) is 18.3. The maximum Gasteiger partial charge on any atom is 0.317 e. The Morgan fingerprint density at radius 3 is 2.91 bits per heavy atom. The Kier molecular flexibility index (Phi) is 5.50. The van der Waals surface area contributed by atoms with Crippen molar-refractivity contribution in [2.24, 2.45) is 0 Å². The zero-order chi connectivity index (χ0) is 22.2. The van der Waals surface area contributed by atoms with Crippen LogP contribution < -0.4 is 10.2 Å². The molecule has 1 saturated heterocycles. The first-order valence-corrected chi connectivity index (χ1v) is 11.3. The lowest BCUT2D eigenvalue weighted by atomic mass is 10.0. The van der Waals surface area contributed by atoms with Crippen molar-refractivity contribution in [3.8, 4) is 17.5 Å². The Morgan fingerprint density at radius 2 is 2.16 bits per heavy atom. The number of carboxylic acids is 1. The summed E-state index contributed by atoms with van der Waals surface area (Å²) in [5, 5.41) is 22.5. The molecule has 0 saturated carbocycles. The van der Waals surface area contributed by atoms with E-state index in [2.05, 4.69) is 21.3 Å². The van der Waals surface area contributed by atoms with Crippen LogP contribution in [0.3, 0.4) is 0 Å². The van der Waals surface area contributed by atoms with Crippen LogP contribution in [0, 0.1) is 11.3 Å². The van der Waals surface area contributed by atoms with Gasteiger partial charge in [-0.25, -0.2) is 4.98 Å². The molecule has 8 heteroatoms. The molecular formula is C24H23ClN4O3. The van der Waals surface area contributed by atoms with E-state index in [0.717, 1.165) is 49.2 Å². The molecule has 1 atom stereocenters. The summed E-state index contributed by atoms with van der Waals surface area (Å²) in [5.74, 6) is -0.522. The highest BCUT2D eigenvalue weighted by atomic mass is 35.5. The van der Waals surface area contributed by atoms with Crippen molar-refractivity contribution in [1.29, 1.82) is 5.26 Å². The van der Waals surface area contributed by atoms with Crippen molar-refractivity contribution in [3.63, 3.8) is 0 Å². The average molecular weight is 451 g/mol. The quantitative estimate of drug-likeness (QED) is 0.582. The Morgan fingerprint density at radius 1 is 1.34 bits per heavy atom. The number of benzene rings is 2. The lowest BCUT2D eigenvalue weighted by molar-refractivity contribution is -0.136. The summed E-state index contributed by atoms with van der Waals surface area (Å²) in [7, 11) is 0. The number of rotatable bonds is 5. The van der Waals surface area contributed by atoms with Gasteiger partial charge in [0.25, 0.3) is 0 Å². The van der Waals surface area contributed by atoms with Gasteiger partial charge < -0.3 is 19.7 Å². The molecule has 5 rings (SSSR count). The molecule has 32 heavy (non-hydrogen) atoms. The number of hydrogen-bond donors (Lipinski definition) is 2. The van der Waals surface area contributed by atoms with Crippen LogP contribution in [0.4, 0.5) is 5.69 Å². The molecule has 2 aliphatic rings. The number of aliphatic carboxylic acids is 1. The average Bonchev–Trinajstić information content (AvgIpc) is 3.40. The second-order valence-corrected chi connectivity index (χ2v) is 8.73. The third-order valence-electron chi connectivity index (χ3n) is 6.40. The molecule has 1 fully saturated rings. The van der Waals surface area contributed by atoms with Crippen molar-refractivity contribution < 1.29 is 14.3 Å². The number of piperidine rings is 1. The maximum atomic E-state index is 11.0. The number of anilines is 1. The molecule has 2 aromatic carbocycles. The Labute approximate surface area is 190 Å². The number of oxazole rings is 1. The van der Waals surface area contributed by atoms with Gasteiger partial charge in [-0.15, -0.1) is 0 Å². The van der Waals surface area contributed by atoms with Crippen LogP contribution in [-0.4, -0.2) is 35.7 Å². The predicted octanol–water partition coefficient (Wildman–Crippen LogP) is 4.67. The molecule has 3 aromatic rings. The van der Waals surface area contributed by atoms with Crippen molar-refractivity contribution in [3.05, 3.63) is 46.0 Å². The van der Waals surface area contributed by atoms with E-state index in [1.807, 2.05) is 24.3 Å². The van der Waals surface area contributed by atoms with E-state index < -0.39 is 5.97 Å². The lowest BCUT2D eigenvalue weighted by Gasteiger charge is -2.29. The Hall–Kier alpha value is -3.08. The van der Waals surface area contributed by atoms with Gasteiger partial charge in [0.1, 0.15) is 17.1 Å². The summed E-state index contributed by atoms with van der Waals surface area (Å²) in [5.41, 5.74) is 5.02. The van der Waals surface area contributed by atoms with E-state index in [9.17, 15) is 10.1 Å². The van der Waals surface area contributed by atoms with Crippen molar-refractivity contribution >= 4 is 34.4 Å². The predicted molar refractivity (Wildman–Crippen MR) is 122 cm³/mol. The number of nitriles is 1. The SMILES string of the molecule is N#Cc1c2c(cc3nc(-c4cccc(N5CCCCC5)c4Cl)oc13)[C@H](NCC(=O)O)CC2. The monoisotopic (exact) mass is 450 g/mol. The number of halogens is 1. The molecule has 0 unspecified atom stereocenters. The number of nitrogens with one attached hydrogen (secondary N) is 1. The molecular weight excluding hydrogens is 428 g/mol. The van der Waals surface area contributed by atoms with Crippen molar-refractivity contribution in [2.75, 3.05) is 24.5 Å². The third-order valence-corrected chi connectivity index (χ3v) is 6.80.